The summed E-state index contributed by atoms with van der Waals surface area (Å²) in [4.78, 5) is 12.1. The molecular formula is C18H19N3O3S. The van der Waals surface area contributed by atoms with E-state index in [9.17, 15) is 4.79 Å². The van der Waals surface area contributed by atoms with Gasteiger partial charge in [-0.05, 0) is 72.7 Å². The lowest BCUT2D eigenvalue weighted by Gasteiger charge is -2.07. The van der Waals surface area contributed by atoms with Gasteiger partial charge < -0.3 is 15.2 Å². The van der Waals surface area contributed by atoms with Crippen LogP contribution in [-0.4, -0.2) is 23.9 Å². The lowest BCUT2D eigenvalue weighted by Crippen LogP contribution is -2.23. The van der Waals surface area contributed by atoms with Crippen molar-refractivity contribution in [1.29, 1.82) is 0 Å². The summed E-state index contributed by atoms with van der Waals surface area (Å²) in [6.07, 6.45) is 2.49. The molecule has 0 aliphatic heterocycles. The molecule has 0 saturated carbocycles. The number of nitrogens with two attached hydrogens (primary N) is 1. The highest BCUT2D eigenvalue weighted by Gasteiger charge is 2.08. The van der Waals surface area contributed by atoms with Crippen LogP contribution in [0.15, 0.2) is 53.6 Å². The molecule has 0 aromatic heterocycles. The summed E-state index contributed by atoms with van der Waals surface area (Å²) < 4.78 is 10.8. The van der Waals surface area contributed by atoms with E-state index in [0.717, 1.165) is 17.7 Å². The third-order valence-corrected chi connectivity index (χ3v) is 3.13. The van der Waals surface area contributed by atoms with Crippen molar-refractivity contribution >= 4 is 29.5 Å². The quantitative estimate of drug-likeness (QED) is 0.261. The number of nitrogens with zero attached hydrogens (tertiary/aromatic N) is 1. The van der Waals surface area contributed by atoms with Crippen LogP contribution in [0.4, 0.5) is 0 Å². The Balaban J connectivity index is 1.93. The van der Waals surface area contributed by atoms with E-state index in [1.165, 1.54) is 0 Å². The van der Waals surface area contributed by atoms with E-state index in [0.29, 0.717) is 17.9 Å². The van der Waals surface area contributed by atoms with Crippen LogP contribution < -0.4 is 20.6 Å². The number of thiocarbonyl (C=S) groups is 1. The summed E-state index contributed by atoms with van der Waals surface area (Å²) in [7, 11) is 0. The van der Waals surface area contributed by atoms with Gasteiger partial charge >= 0.3 is 5.97 Å². The Bertz CT molecular complexity index is 743. The van der Waals surface area contributed by atoms with Gasteiger partial charge in [-0.2, -0.15) is 5.10 Å². The maximum Gasteiger partial charge on any atom is 0.343 e. The van der Waals surface area contributed by atoms with E-state index in [2.05, 4.69) is 22.7 Å². The van der Waals surface area contributed by atoms with E-state index < -0.39 is 5.97 Å². The number of nitrogens with one attached hydrogen (secondary N) is 1. The van der Waals surface area contributed by atoms with Gasteiger partial charge in [0.25, 0.3) is 0 Å². The topological polar surface area (TPSA) is 85.9 Å². The van der Waals surface area contributed by atoms with Crippen LogP contribution in [0.25, 0.3) is 0 Å². The molecule has 6 nitrogen and oxygen atoms in total. The highest BCUT2D eigenvalue weighted by atomic mass is 32.1. The van der Waals surface area contributed by atoms with Crippen LogP contribution in [0, 0.1) is 0 Å². The average molecular weight is 357 g/mol. The molecule has 0 radical (unpaired) electrons. The Morgan fingerprint density at radius 3 is 2.40 bits per heavy atom. The normalized spacial score (nSPS) is 10.4. The molecule has 0 aliphatic carbocycles. The standard InChI is InChI=1S/C18H19N3O3S/c1-2-11-23-15-9-5-14(6-10-15)17(22)24-16-7-3-13(4-8-16)12-20-21-18(19)25/h3-10,12H,2,11H2,1H3,(H3,19,21,25)/b20-12-. The van der Waals surface area contributed by atoms with Crippen LogP contribution in [-0.2, 0) is 0 Å². The van der Waals surface area contributed by atoms with Gasteiger partial charge in [-0.1, -0.05) is 6.92 Å². The zero-order valence-electron chi connectivity index (χ0n) is 13.8. The van der Waals surface area contributed by atoms with E-state index in [-0.39, 0.29) is 5.11 Å². The first-order valence-corrected chi connectivity index (χ1v) is 8.13. The Hall–Kier alpha value is -2.93. The maximum absolute atomic E-state index is 12.1. The van der Waals surface area contributed by atoms with Gasteiger partial charge in [0.15, 0.2) is 5.11 Å². The Labute approximate surface area is 151 Å². The second-order valence-corrected chi connectivity index (χ2v) is 5.51. The van der Waals surface area contributed by atoms with Gasteiger partial charge in [0, 0.05) is 0 Å². The SMILES string of the molecule is CCCOc1ccc(C(=O)Oc2ccc(/C=N\NC(N)=S)cc2)cc1. The Kier molecular flexibility index (Phi) is 6.91. The third-order valence-electron chi connectivity index (χ3n) is 3.04. The minimum atomic E-state index is -0.432. The van der Waals surface area contributed by atoms with Crippen LogP contribution in [0.1, 0.15) is 29.3 Å². The molecule has 25 heavy (non-hydrogen) atoms. The second-order valence-electron chi connectivity index (χ2n) is 5.07. The molecule has 2 aromatic rings. The monoisotopic (exact) mass is 357 g/mol. The molecule has 7 heteroatoms. The van der Waals surface area contributed by atoms with Crippen molar-refractivity contribution in [1.82, 2.24) is 5.43 Å². The summed E-state index contributed by atoms with van der Waals surface area (Å²) in [5.74, 6) is 0.738. The molecule has 0 bridgehead atoms. The number of benzene rings is 2. The lowest BCUT2D eigenvalue weighted by molar-refractivity contribution is 0.0734. The van der Waals surface area contributed by atoms with E-state index in [4.69, 9.17) is 15.2 Å². The highest BCUT2D eigenvalue weighted by Crippen LogP contribution is 2.16. The second kappa shape index (κ2) is 9.39. The molecule has 0 aliphatic rings. The molecule has 0 amide bonds. The van der Waals surface area contributed by atoms with Crippen LogP contribution in [0.5, 0.6) is 11.5 Å². The number of rotatable bonds is 7. The van der Waals surface area contributed by atoms with Gasteiger partial charge in [-0.15, -0.1) is 0 Å². The van der Waals surface area contributed by atoms with Crippen molar-refractivity contribution in [2.75, 3.05) is 6.61 Å². The minimum absolute atomic E-state index is 0.0907. The van der Waals surface area contributed by atoms with Crippen molar-refractivity contribution in [2.45, 2.75) is 13.3 Å². The van der Waals surface area contributed by atoms with Crippen molar-refractivity contribution < 1.29 is 14.3 Å². The smallest absolute Gasteiger partial charge is 0.343 e. The van der Waals surface area contributed by atoms with Crippen molar-refractivity contribution in [3.63, 3.8) is 0 Å². The molecule has 0 fully saturated rings. The number of hydrogen-bond donors (Lipinski definition) is 2. The number of esters is 1. The number of hydrogen-bond acceptors (Lipinski definition) is 5. The van der Waals surface area contributed by atoms with E-state index in [1.807, 2.05) is 6.92 Å². The number of carbonyl (C=O) groups excluding carboxylic acids is 1. The van der Waals surface area contributed by atoms with Crippen molar-refractivity contribution in [3.05, 3.63) is 59.7 Å². The fourth-order valence-electron chi connectivity index (χ4n) is 1.87. The van der Waals surface area contributed by atoms with Crippen molar-refractivity contribution in [2.24, 2.45) is 10.8 Å². The third kappa shape index (κ3) is 6.23. The number of ether oxygens (including phenoxy) is 2. The highest BCUT2D eigenvalue weighted by molar-refractivity contribution is 7.80. The molecule has 3 N–H and O–H groups in total. The van der Waals surface area contributed by atoms with Gasteiger partial charge in [0.1, 0.15) is 11.5 Å². The molecule has 0 heterocycles. The molecular weight excluding hydrogens is 338 g/mol. The maximum atomic E-state index is 12.1. The number of hydrazone groups is 1. The first-order valence-electron chi connectivity index (χ1n) is 7.72. The molecule has 2 aromatic carbocycles. The summed E-state index contributed by atoms with van der Waals surface area (Å²) in [6, 6.07) is 13.7. The molecule has 2 rings (SSSR count). The number of carbonyl (C=O) groups is 1. The first-order chi connectivity index (χ1) is 12.1. The fourth-order valence-corrected chi connectivity index (χ4v) is 1.92. The Morgan fingerprint density at radius 2 is 1.80 bits per heavy atom. The van der Waals surface area contributed by atoms with E-state index >= 15 is 0 Å². The molecule has 0 unspecified atom stereocenters. The minimum Gasteiger partial charge on any atom is -0.494 e. The molecule has 0 spiro atoms. The van der Waals surface area contributed by atoms with Crippen LogP contribution in [0.2, 0.25) is 0 Å². The zero-order chi connectivity index (χ0) is 18.1. The average Bonchev–Trinajstić information content (AvgIpc) is 2.61. The lowest BCUT2D eigenvalue weighted by atomic mass is 10.2. The summed E-state index contributed by atoms with van der Waals surface area (Å²) in [5, 5.41) is 3.94. The summed E-state index contributed by atoms with van der Waals surface area (Å²) in [6.45, 7) is 2.68. The van der Waals surface area contributed by atoms with Crippen molar-refractivity contribution in [3.8, 4) is 11.5 Å². The van der Waals surface area contributed by atoms with E-state index in [1.54, 1.807) is 54.7 Å². The molecule has 130 valence electrons. The van der Waals surface area contributed by atoms with Gasteiger partial charge in [-0.3, -0.25) is 5.43 Å². The van der Waals surface area contributed by atoms with Gasteiger partial charge in [0.05, 0.1) is 18.4 Å². The summed E-state index contributed by atoms with van der Waals surface area (Å²) in [5.41, 5.74) is 8.99. The zero-order valence-corrected chi connectivity index (χ0v) is 14.6. The first kappa shape index (κ1) is 18.4. The summed E-state index contributed by atoms with van der Waals surface area (Å²) >= 11 is 4.64. The Morgan fingerprint density at radius 1 is 1.16 bits per heavy atom. The fraction of sp³-hybridized carbons (Fsp3) is 0.167. The van der Waals surface area contributed by atoms with Gasteiger partial charge in [0.2, 0.25) is 0 Å². The van der Waals surface area contributed by atoms with Crippen LogP contribution in [0.3, 0.4) is 0 Å². The predicted octanol–water partition coefficient (Wildman–Crippen LogP) is 2.86. The predicted molar refractivity (Wildman–Crippen MR) is 101 cm³/mol. The largest absolute Gasteiger partial charge is 0.494 e. The van der Waals surface area contributed by atoms with Crippen LogP contribution >= 0.6 is 12.2 Å². The van der Waals surface area contributed by atoms with Gasteiger partial charge in [-0.25, -0.2) is 4.79 Å². The molecule has 0 atom stereocenters. The molecule has 0 saturated heterocycles.